The molecule has 0 amide bonds. The van der Waals surface area contributed by atoms with Gasteiger partial charge >= 0.3 is 0 Å². The van der Waals surface area contributed by atoms with Gasteiger partial charge < -0.3 is 9.47 Å². The first-order valence-electron chi connectivity index (χ1n) is 5.07. The number of hydrogen-bond acceptors (Lipinski definition) is 2. The van der Waals surface area contributed by atoms with Crippen LogP contribution in [0.2, 0.25) is 0 Å². The Morgan fingerprint density at radius 3 is 2.70 bits per heavy atom. The van der Waals surface area contributed by atoms with E-state index in [0.717, 1.165) is 0 Å². The molecule has 0 N–H and O–H groups in total. The molecular weight excluding hydrogens is 128 g/mol. The Bertz CT molecular complexity index is 173. The molecule has 10 heavy (non-hydrogen) atoms. The second kappa shape index (κ2) is 2.89. The Kier molecular flexibility index (Phi) is 1.37. The first-order valence-corrected chi connectivity index (χ1v) is 3.57. The van der Waals surface area contributed by atoms with E-state index in [4.69, 9.17) is 13.6 Å². The fraction of sp³-hybridized carbons (Fsp3) is 1.00. The molecule has 60 valence electrons. The predicted molar refractivity (Wildman–Crippen MR) is 40.0 cm³/mol. The zero-order chi connectivity index (χ0) is 10.1. The lowest BCUT2D eigenvalue weighted by atomic mass is 9.76. The minimum Gasteiger partial charge on any atom is -0.384 e. The number of rotatable bonds is 3. The molecule has 0 atom stereocenters. The quantitative estimate of drug-likeness (QED) is 0.599. The van der Waals surface area contributed by atoms with Crippen LogP contribution >= 0.6 is 0 Å². The fourth-order valence-electron chi connectivity index (χ4n) is 1.09. The Morgan fingerprint density at radius 1 is 1.70 bits per heavy atom. The molecule has 1 aliphatic heterocycles. The fourth-order valence-corrected chi connectivity index (χ4v) is 1.09. The summed E-state index contributed by atoms with van der Waals surface area (Å²) in [5.41, 5.74) is -0.0750. The highest BCUT2D eigenvalue weighted by Gasteiger charge is 2.41. The van der Waals surface area contributed by atoms with Crippen LogP contribution in [0, 0.1) is 11.3 Å². The van der Waals surface area contributed by atoms with Crippen LogP contribution in [0.15, 0.2) is 0 Å². The van der Waals surface area contributed by atoms with E-state index in [9.17, 15) is 0 Å². The molecule has 0 aromatic heterocycles. The molecule has 0 saturated carbocycles. The highest BCUT2D eigenvalue weighted by atomic mass is 16.5. The van der Waals surface area contributed by atoms with Crippen molar-refractivity contribution in [3.8, 4) is 0 Å². The van der Waals surface area contributed by atoms with Gasteiger partial charge in [-0.2, -0.15) is 0 Å². The van der Waals surface area contributed by atoms with Crippen LogP contribution in [-0.2, 0) is 9.47 Å². The zero-order valence-electron chi connectivity index (χ0n) is 9.52. The summed E-state index contributed by atoms with van der Waals surface area (Å²) in [5.74, 6) is 0.392. The standard InChI is InChI=1S/C8H16O2/c1-7(2)8(4-9-3)5-10-6-8/h7H,4-6H2,1-3H3/i3D3. The summed E-state index contributed by atoms with van der Waals surface area (Å²) in [6, 6.07) is 0. The lowest BCUT2D eigenvalue weighted by molar-refractivity contribution is -0.166. The molecule has 0 radical (unpaired) electrons. The van der Waals surface area contributed by atoms with E-state index in [1.807, 2.05) is 0 Å². The van der Waals surface area contributed by atoms with E-state index in [-0.39, 0.29) is 12.0 Å². The van der Waals surface area contributed by atoms with Crippen LogP contribution in [0.5, 0.6) is 0 Å². The minimum absolute atomic E-state index is 0.0750. The summed E-state index contributed by atoms with van der Waals surface area (Å²) in [6.07, 6.45) is 0. The Labute approximate surface area is 66.7 Å². The van der Waals surface area contributed by atoms with Crippen LogP contribution in [0.3, 0.4) is 0 Å². The van der Waals surface area contributed by atoms with Gasteiger partial charge in [0.1, 0.15) is 0 Å². The van der Waals surface area contributed by atoms with Gasteiger partial charge in [-0.05, 0) is 5.92 Å². The largest absolute Gasteiger partial charge is 0.384 e. The zero-order valence-corrected chi connectivity index (χ0v) is 6.52. The van der Waals surface area contributed by atoms with Crippen LogP contribution in [0.25, 0.3) is 0 Å². The van der Waals surface area contributed by atoms with Gasteiger partial charge in [0.05, 0.1) is 23.9 Å². The van der Waals surface area contributed by atoms with Crippen LogP contribution in [-0.4, -0.2) is 26.9 Å². The van der Waals surface area contributed by atoms with Gasteiger partial charge in [-0.3, -0.25) is 0 Å². The summed E-state index contributed by atoms with van der Waals surface area (Å²) in [5, 5.41) is 0. The molecule has 1 heterocycles. The molecule has 0 spiro atoms. The third-order valence-corrected chi connectivity index (χ3v) is 2.36. The van der Waals surface area contributed by atoms with Crippen molar-refractivity contribution >= 4 is 0 Å². The second-order valence-electron chi connectivity index (χ2n) is 3.30. The van der Waals surface area contributed by atoms with Crippen LogP contribution < -0.4 is 0 Å². The normalized spacial score (nSPS) is 28.5. The topological polar surface area (TPSA) is 18.5 Å². The maximum absolute atomic E-state index is 6.92. The van der Waals surface area contributed by atoms with Crippen molar-refractivity contribution in [3.63, 3.8) is 0 Å². The third kappa shape index (κ3) is 1.18. The number of methoxy groups -OCH3 is 1. The van der Waals surface area contributed by atoms with Gasteiger partial charge in [0.15, 0.2) is 0 Å². The minimum atomic E-state index is -2.28. The van der Waals surface area contributed by atoms with Gasteiger partial charge in [0, 0.05) is 12.5 Å². The van der Waals surface area contributed by atoms with E-state index in [2.05, 4.69) is 13.8 Å². The van der Waals surface area contributed by atoms with E-state index in [1.54, 1.807) is 0 Å². The van der Waals surface area contributed by atoms with Gasteiger partial charge in [0.2, 0.25) is 0 Å². The van der Waals surface area contributed by atoms with E-state index in [0.29, 0.717) is 19.1 Å². The first kappa shape index (κ1) is 4.73. The molecule has 0 aromatic rings. The monoisotopic (exact) mass is 147 g/mol. The van der Waals surface area contributed by atoms with Crippen molar-refractivity contribution in [2.24, 2.45) is 11.3 Å². The molecule has 0 aromatic carbocycles. The Balaban J connectivity index is 2.41. The SMILES string of the molecule is [2H]C([2H])([2H])OCC1(C(C)C)COC1. The Hall–Kier alpha value is -0.0800. The first-order chi connectivity index (χ1) is 5.86. The highest BCUT2D eigenvalue weighted by Crippen LogP contribution is 2.35. The molecule has 0 bridgehead atoms. The average molecular weight is 147 g/mol. The maximum Gasteiger partial charge on any atom is 0.0569 e. The third-order valence-electron chi connectivity index (χ3n) is 2.36. The smallest absolute Gasteiger partial charge is 0.0569 e. The molecule has 1 rings (SSSR count). The molecule has 1 saturated heterocycles. The lowest BCUT2D eigenvalue weighted by Crippen LogP contribution is -2.49. The number of hydrogen-bond donors (Lipinski definition) is 0. The van der Waals surface area contributed by atoms with Crippen molar-refractivity contribution in [2.45, 2.75) is 13.8 Å². The summed E-state index contributed by atoms with van der Waals surface area (Å²) < 4.78 is 30.7. The van der Waals surface area contributed by atoms with E-state index >= 15 is 0 Å². The van der Waals surface area contributed by atoms with Gasteiger partial charge in [-0.25, -0.2) is 0 Å². The second-order valence-corrected chi connectivity index (χ2v) is 3.30. The van der Waals surface area contributed by atoms with Crippen LogP contribution in [0.1, 0.15) is 18.0 Å². The predicted octanol–water partition coefficient (Wildman–Crippen LogP) is 1.31. The van der Waals surface area contributed by atoms with Gasteiger partial charge in [-0.1, -0.05) is 13.8 Å². The number of ether oxygens (including phenoxy) is 2. The molecule has 1 fully saturated rings. The summed E-state index contributed by atoms with van der Waals surface area (Å²) >= 11 is 0. The van der Waals surface area contributed by atoms with Gasteiger partial charge in [0.25, 0.3) is 0 Å². The van der Waals surface area contributed by atoms with Crippen molar-refractivity contribution in [1.29, 1.82) is 0 Å². The summed E-state index contributed by atoms with van der Waals surface area (Å²) in [6.45, 7) is 5.61. The molecule has 2 heteroatoms. The lowest BCUT2D eigenvalue weighted by Gasteiger charge is -2.44. The van der Waals surface area contributed by atoms with Crippen molar-refractivity contribution < 1.29 is 13.6 Å². The van der Waals surface area contributed by atoms with Gasteiger partial charge in [-0.15, -0.1) is 0 Å². The summed E-state index contributed by atoms with van der Waals surface area (Å²) in [4.78, 5) is 0. The van der Waals surface area contributed by atoms with Crippen LogP contribution in [0.4, 0.5) is 0 Å². The molecule has 2 nitrogen and oxygen atoms in total. The maximum atomic E-state index is 6.92. The average Bonchev–Trinajstić information content (AvgIpc) is 1.80. The van der Waals surface area contributed by atoms with E-state index in [1.165, 1.54) is 0 Å². The molecule has 0 aliphatic carbocycles. The molecule has 0 unspecified atom stereocenters. The van der Waals surface area contributed by atoms with Crippen molar-refractivity contribution in [2.75, 3.05) is 26.9 Å². The highest BCUT2D eigenvalue weighted by molar-refractivity contribution is 4.87. The van der Waals surface area contributed by atoms with Crippen molar-refractivity contribution in [1.82, 2.24) is 0 Å². The molecule has 1 aliphatic rings. The van der Waals surface area contributed by atoms with Crippen molar-refractivity contribution in [3.05, 3.63) is 0 Å². The Morgan fingerprint density at radius 2 is 2.40 bits per heavy atom. The molecular formula is C8H16O2. The van der Waals surface area contributed by atoms with E-state index < -0.39 is 7.04 Å². The summed E-state index contributed by atoms with van der Waals surface area (Å²) in [7, 11) is -2.28.